The number of aliphatic carboxylic acids is 1. The Morgan fingerprint density at radius 2 is 1.67 bits per heavy atom. The third-order valence-electron chi connectivity index (χ3n) is 2.75. The molecule has 108 valence electrons. The molecule has 0 aliphatic carbocycles. The minimum Gasteiger partial charge on any atom is -0.478 e. The molecule has 0 aliphatic heterocycles. The van der Waals surface area contributed by atoms with Crippen LogP contribution in [0.2, 0.25) is 20.1 Å². The summed E-state index contributed by atoms with van der Waals surface area (Å²) >= 11 is 24.2. The van der Waals surface area contributed by atoms with Crippen molar-refractivity contribution in [3.8, 4) is 11.1 Å². The summed E-state index contributed by atoms with van der Waals surface area (Å²) in [7, 11) is 0. The molecule has 0 aromatic heterocycles. The van der Waals surface area contributed by atoms with Crippen LogP contribution in [0.15, 0.2) is 36.4 Å². The summed E-state index contributed by atoms with van der Waals surface area (Å²) < 4.78 is 0. The zero-order valence-electron chi connectivity index (χ0n) is 10.4. The zero-order chi connectivity index (χ0) is 15.6. The molecule has 0 amide bonds. The summed E-state index contributed by atoms with van der Waals surface area (Å²) in [6, 6.07) is 8.39. The van der Waals surface area contributed by atoms with Crippen LogP contribution in [-0.2, 0) is 4.79 Å². The standard InChI is InChI=1S/C15H8Cl4O2/c16-9-3-1-8(2-6-13(20)21)11(7-9)10-4-5-12(17)15(19)14(10)18/h1-7H,(H,20,21)/b6-2-. The van der Waals surface area contributed by atoms with E-state index in [1.165, 1.54) is 6.08 Å². The highest BCUT2D eigenvalue weighted by Crippen LogP contribution is 2.40. The lowest BCUT2D eigenvalue weighted by atomic mass is 9.99. The number of hydrogen-bond acceptors (Lipinski definition) is 1. The van der Waals surface area contributed by atoms with Crippen LogP contribution in [0.1, 0.15) is 5.56 Å². The summed E-state index contributed by atoms with van der Waals surface area (Å²) in [4.78, 5) is 10.7. The van der Waals surface area contributed by atoms with Gasteiger partial charge in [-0.25, -0.2) is 4.79 Å². The first kappa shape index (κ1) is 16.2. The van der Waals surface area contributed by atoms with Crippen LogP contribution in [0.25, 0.3) is 17.2 Å². The summed E-state index contributed by atoms with van der Waals surface area (Å²) in [5, 5.41) is 10.1. The molecule has 0 atom stereocenters. The predicted octanol–water partition coefficient (Wildman–Crippen LogP) is 6.07. The third-order valence-corrected chi connectivity index (χ3v) is 4.27. The van der Waals surface area contributed by atoms with Gasteiger partial charge in [0.05, 0.1) is 15.1 Å². The van der Waals surface area contributed by atoms with E-state index in [4.69, 9.17) is 51.5 Å². The Kier molecular flexibility index (Phi) is 5.17. The first-order valence-electron chi connectivity index (χ1n) is 5.74. The van der Waals surface area contributed by atoms with E-state index in [9.17, 15) is 4.79 Å². The fraction of sp³-hybridized carbons (Fsp3) is 0. The number of carboxylic acids is 1. The minimum atomic E-state index is -1.05. The summed E-state index contributed by atoms with van der Waals surface area (Å²) in [5.41, 5.74) is 1.95. The summed E-state index contributed by atoms with van der Waals surface area (Å²) in [6.07, 6.45) is 2.50. The molecule has 21 heavy (non-hydrogen) atoms. The van der Waals surface area contributed by atoms with E-state index in [1.54, 1.807) is 30.3 Å². The SMILES string of the molecule is O=C(O)/C=C\c1ccc(Cl)cc1-c1ccc(Cl)c(Cl)c1Cl. The molecule has 1 N–H and O–H groups in total. The summed E-state index contributed by atoms with van der Waals surface area (Å²) in [5.74, 6) is -1.05. The molecule has 0 spiro atoms. The quantitative estimate of drug-likeness (QED) is 0.532. The van der Waals surface area contributed by atoms with E-state index >= 15 is 0 Å². The number of hydrogen-bond donors (Lipinski definition) is 1. The van der Waals surface area contributed by atoms with Gasteiger partial charge in [-0.3, -0.25) is 0 Å². The molecule has 0 unspecified atom stereocenters. The normalized spacial score (nSPS) is 11.0. The molecule has 0 saturated carbocycles. The Morgan fingerprint density at radius 1 is 0.952 bits per heavy atom. The van der Waals surface area contributed by atoms with Crippen molar-refractivity contribution in [2.24, 2.45) is 0 Å². The Labute approximate surface area is 141 Å². The first-order valence-corrected chi connectivity index (χ1v) is 7.25. The molecule has 2 aromatic rings. The second-order valence-electron chi connectivity index (χ2n) is 4.13. The van der Waals surface area contributed by atoms with Gasteiger partial charge in [-0.05, 0) is 35.4 Å². The van der Waals surface area contributed by atoms with Gasteiger partial charge in [0.2, 0.25) is 0 Å². The van der Waals surface area contributed by atoms with E-state index in [0.29, 0.717) is 26.7 Å². The van der Waals surface area contributed by atoms with Crippen molar-refractivity contribution in [1.82, 2.24) is 0 Å². The van der Waals surface area contributed by atoms with E-state index in [0.717, 1.165) is 6.08 Å². The Bertz CT molecular complexity index is 739. The molecule has 0 saturated heterocycles. The maximum Gasteiger partial charge on any atom is 0.328 e. The number of rotatable bonds is 3. The Hall–Kier alpha value is -1.19. The molecule has 0 heterocycles. The van der Waals surface area contributed by atoms with Crippen molar-refractivity contribution < 1.29 is 9.90 Å². The maximum atomic E-state index is 10.7. The number of benzene rings is 2. The molecule has 0 radical (unpaired) electrons. The van der Waals surface area contributed by atoms with Gasteiger partial charge in [0.1, 0.15) is 0 Å². The van der Waals surface area contributed by atoms with Crippen molar-refractivity contribution in [1.29, 1.82) is 0 Å². The second kappa shape index (κ2) is 6.71. The average Bonchev–Trinajstić information content (AvgIpc) is 2.43. The van der Waals surface area contributed by atoms with Gasteiger partial charge in [0.15, 0.2) is 0 Å². The molecular formula is C15H8Cl4O2. The smallest absolute Gasteiger partial charge is 0.328 e. The molecule has 0 bridgehead atoms. The van der Waals surface area contributed by atoms with E-state index < -0.39 is 5.97 Å². The van der Waals surface area contributed by atoms with Crippen LogP contribution in [0.4, 0.5) is 0 Å². The molecule has 2 rings (SSSR count). The van der Waals surface area contributed by atoms with Gasteiger partial charge in [-0.2, -0.15) is 0 Å². The molecule has 2 nitrogen and oxygen atoms in total. The zero-order valence-corrected chi connectivity index (χ0v) is 13.4. The Morgan fingerprint density at radius 3 is 2.33 bits per heavy atom. The van der Waals surface area contributed by atoms with Crippen LogP contribution >= 0.6 is 46.4 Å². The summed E-state index contributed by atoms with van der Waals surface area (Å²) in [6.45, 7) is 0. The molecule has 6 heteroatoms. The second-order valence-corrected chi connectivity index (χ2v) is 5.73. The molecular weight excluding hydrogens is 354 g/mol. The molecule has 2 aromatic carbocycles. The lowest BCUT2D eigenvalue weighted by Gasteiger charge is -2.11. The maximum absolute atomic E-state index is 10.7. The van der Waals surface area contributed by atoms with Gasteiger partial charge in [-0.15, -0.1) is 0 Å². The highest BCUT2D eigenvalue weighted by molar-refractivity contribution is 6.49. The van der Waals surface area contributed by atoms with Crippen LogP contribution < -0.4 is 0 Å². The van der Waals surface area contributed by atoms with Gasteiger partial charge in [0, 0.05) is 16.7 Å². The van der Waals surface area contributed by atoms with Gasteiger partial charge in [0.25, 0.3) is 0 Å². The van der Waals surface area contributed by atoms with Crippen LogP contribution in [0.5, 0.6) is 0 Å². The predicted molar refractivity (Wildman–Crippen MR) is 88.6 cm³/mol. The molecule has 0 aliphatic rings. The third kappa shape index (κ3) is 3.72. The minimum absolute atomic E-state index is 0.240. The van der Waals surface area contributed by atoms with Crippen molar-refractivity contribution in [2.75, 3.05) is 0 Å². The van der Waals surface area contributed by atoms with Gasteiger partial charge in [-0.1, -0.05) is 58.5 Å². The number of carboxylic acid groups (broad SMARTS) is 1. The van der Waals surface area contributed by atoms with Crippen LogP contribution in [-0.4, -0.2) is 11.1 Å². The largest absolute Gasteiger partial charge is 0.478 e. The number of carbonyl (C=O) groups is 1. The highest BCUT2D eigenvalue weighted by atomic mass is 35.5. The van der Waals surface area contributed by atoms with E-state index in [2.05, 4.69) is 0 Å². The number of halogens is 4. The highest BCUT2D eigenvalue weighted by Gasteiger charge is 2.13. The lowest BCUT2D eigenvalue weighted by Crippen LogP contribution is -1.89. The van der Waals surface area contributed by atoms with Crippen LogP contribution in [0, 0.1) is 0 Å². The van der Waals surface area contributed by atoms with Crippen molar-refractivity contribution >= 4 is 58.4 Å². The monoisotopic (exact) mass is 360 g/mol. The van der Waals surface area contributed by atoms with Gasteiger partial charge >= 0.3 is 5.97 Å². The topological polar surface area (TPSA) is 37.3 Å². The van der Waals surface area contributed by atoms with Crippen molar-refractivity contribution in [3.05, 3.63) is 62.1 Å². The van der Waals surface area contributed by atoms with Gasteiger partial charge < -0.3 is 5.11 Å². The fourth-order valence-electron chi connectivity index (χ4n) is 1.80. The lowest BCUT2D eigenvalue weighted by molar-refractivity contribution is -0.131. The molecule has 0 fully saturated rings. The van der Waals surface area contributed by atoms with E-state index in [-0.39, 0.29) is 10.0 Å². The van der Waals surface area contributed by atoms with E-state index in [1.807, 2.05) is 0 Å². The Balaban J connectivity index is 2.65. The average molecular weight is 362 g/mol. The van der Waals surface area contributed by atoms with Crippen molar-refractivity contribution in [3.63, 3.8) is 0 Å². The fourth-order valence-corrected chi connectivity index (χ4v) is 2.61. The van der Waals surface area contributed by atoms with Crippen LogP contribution in [0.3, 0.4) is 0 Å². The first-order chi connectivity index (χ1) is 9.90. The van der Waals surface area contributed by atoms with Crippen molar-refractivity contribution in [2.45, 2.75) is 0 Å².